The van der Waals surface area contributed by atoms with Crippen LogP contribution < -0.4 is 10.1 Å². The van der Waals surface area contributed by atoms with E-state index >= 15 is 0 Å². The minimum absolute atomic E-state index is 0.00537. The highest BCUT2D eigenvalue weighted by atomic mass is 32.2. The number of aromatic nitrogens is 1. The molecule has 0 aliphatic carbocycles. The molecule has 1 aliphatic heterocycles. The van der Waals surface area contributed by atoms with E-state index in [0.29, 0.717) is 28.8 Å². The van der Waals surface area contributed by atoms with E-state index in [1.54, 1.807) is 48.7 Å². The fourth-order valence-corrected chi connectivity index (χ4v) is 4.67. The van der Waals surface area contributed by atoms with Gasteiger partial charge in [-0.05, 0) is 53.1 Å². The van der Waals surface area contributed by atoms with Crippen molar-refractivity contribution >= 4 is 28.9 Å². The zero-order valence-electron chi connectivity index (χ0n) is 19.7. The Kier molecular flexibility index (Phi) is 8.02. The highest BCUT2D eigenvalue weighted by Crippen LogP contribution is 2.37. The predicted molar refractivity (Wildman–Crippen MR) is 134 cm³/mol. The quantitative estimate of drug-likeness (QED) is 0.316. The SMILES string of the molecule is CCc1ccc([C@H](O)COc2ccc(C[C@]3(C(=O)OCc4ccccc4)SC(=O)NC3=O)cc2)nc1. The van der Waals surface area contributed by atoms with E-state index in [0.717, 1.165) is 17.5 Å². The second-order valence-electron chi connectivity index (χ2n) is 8.32. The summed E-state index contributed by atoms with van der Waals surface area (Å²) in [7, 11) is 0. The van der Waals surface area contributed by atoms with Gasteiger partial charge in [0.25, 0.3) is 11.1 Å². The number of benzene rings is 2. The number of aliphatic hydroxyl groups excluding tert-OH is 1. The molecule has 4 rings (SSSR count). The smallest absolute Gasteiger partial charge is 0.333 e. The van der Waals surface area contributed by atoms with Crippen molar-refractivity contribution in [2.24, 2.45) is 0 Å². The van der Waals surface area contributed by atoms with Crippen LogP contribution in [0.25, 0.3) is 0 Å². The third-order valence-corrected chi connectivity index (χ3v) is 6.91. The van der Waals surface area contributed by atoms with Crippen LogP contribution in [-0.2, 0) is 33.8 Å². The van der Waals surface area contributed by atoms with Gasteiger partial charge in [0.1, 0.15) is 25.1 Å². The monoisotopic (exact) mass is 506 g/mol. The fourth-order valence-electron chi connectivity index (χ4n) is 3.68. The molecule has 9 heteroatoms. The number of pyridine rings is 1. The van der Waals surface area contributed by atoms with Crippen LogP contribution in [0, 0.1) is 0 Å². The van der Waals surface area contributed by atoms with Crippen molar-refractivity contribution in [3.05, 3.63) is 95.3 Å². The maximum Gasteiger partial charge on any atom is 0.333 e. The van der Waals surface area contributed by atoms with Crippen molar-refractivity contribution in [2.45, 2.75) is 37.2 Å². The molecular formula is C27H26N2O6S. The Bertz CT molecular complexity index is 1220. The summed E-state index contributed by atoms with van der Waals surface area (Å²) in [5.41, 5.74) is 3.03. The van der Waals surface area contributed by atoms with Crippen molar-refractivity contribution in [3.63, 3.8) is 0 Å². The highest BCUT2D eigenvalue weighted by Gasteiger charge is 2.55. The van der Waals surface area contributed by atoms with Crippen molar-refractivity contribution in [2.75, 3.05) is 6.61 Å². The number of nitrogens with zero attached hydrogens (tertiary/aromatic N) is 1. The first-order valence-corrected chi connectivity index (χ1v) is 12.3. The molecule has 0 bridgehead atoms. The van der Waals surface area contributed by atoms with Gasteiger partial charge >= 0.3 is 5.97 Å². The standard InChI is InChI=1S/C27H26N2O6S/c1-2-18-10-13-22(28-15-18)23(30)17-34-21-11-8-19(9-12-21)14-27(24(31)29-26(33)36-27)25(32)35-16-20-6-4-3-5-7-20/h3-13,15,23,30H,2,14,16-17H2,1H3,(H,29,31,33)/t23-,27+/m1/s1. The number of imide groups is 1. The number of esters is 1. The van der Waals surface area contributed by atoms with Gasteiger partial charge in [-0.3, -0.25) is 19.9 Å². The van der Waals surface area contributed by atoms with Crippen molar-refractivity contribution in [1.82, 2.24) is 10.3 Å². The summed E-state index contributed by atoms with van der Waals surface area (Å²) in [6, 6.07) is 19.6. The lowest BCUT2D eigenvalue weighted by Crippen LogP contribution is -2.46. The molecule has 0 unspecified atom stereocenters. The molecule has 2 amide bonds. The van der Waals surface area contributed by atoms with Gasteiger partial charge in [0.2, 0.25) is 4.75 Å². The Morgan fingerprint density at radius 2 is 1.75 bits per heavy atom. The van der Waals surface area contributed by atoms with Crippen LogP contribution >= 0.6 is 11.8 Å². The van der Waals surface area contributed by atoms with Crippen LogP contribution in [0.5, 0.6) is 5.75 Å². The average Bonchev–Trinajstić information content (AvgIpc) is 3.20. The first kappa shape index (κ1) is 25.4. The third kappa shape index (κ3) is 5.92. The Hall–Kier alpha value is -3.69. The lowest BCUT2D eigenvalue weighted by molar-refractivity contribution is -0.150. The van der Waals surface area contributed by atoms with E-state index < -0.39 is 28.0 Å². The number of aryl methyl sites for hydroxylation is 1. The fraction of sp³-hybridized carbons (Fsp3) is 0.259. The maximum absolute atomic E-state index is 13.0. The summed E-state index contributed by atoms with van der Waals surface area (Å²) in [5, 5.41) is 12.0. The normalized spacial score (nSPS) is 17.9. The highest BCUT2D eigenvalue weighted by molar-refractivity contribution is 8.16. The van der Waals surface area contributed by atoms with Gasteiger partial charge in [0, 0.05) is 12.6 Å². The van der Waals surface area contributed by atoms with Crippen LogP contribution in [0.15, 0.2) is 72.9 Å². The second-order valence-corrected chi connectivity index (χ2v) is 9.60. The molecule has 36 heavy (non-hydrogen) atoms. The molecule has 3 aromatic rings. The molecule has 2 aromatic carbocycles. The molecule has 186 valence electrons. The van der Waals surface area contributed by atoms with E-state index in [-0.39, 0.29) is 19.6 Å². The van der Waals surface area contributed by atoms with Gasteiger partial charge in [-0.2, -0.15) is 0 Å². The number of carbonyl (C=O) groups is 3. The molecule has 0 saturated carbocycles. The summed E-state index contributed by atoms with van der Waals surface area (Å²) in [6.07, 6.45) is 1.69. The van der Waals surface area contributed by atoms with Crippen molar-refractivity contribution in [1.29, 1.82) is 0 Å². The molecule has 2 N–H and O–H groups in total. The van der Waals surface area contributed by atoms with E-state index in [4.69, 9.17) is 9.47 Å². The van der Waals surface area contributed by atoms with Crippen LogP contribution in [-0.4, -0.2) is 38.6 Å². The summed E-state index contributed by atoms with van der Waals surface area (Å²) in [4.78, 5) is 41.9. The maximum atomic E-state index is 13.0. The van der Waals surface area contributed by atoms with Crippen LogP contribution in [0.2, 0.25) is 0 Å². The van der Waals surface area contributed by atoms with E-state index in [9.17, 15) is 19.5 Å². The second kappa shape index (κ2) is 11.4. The third-order valence-electron chi connectivity index (χ3n) is 5.77. The largest absolute Gasteiger partial charge is 0.490 e. The van der Waals surface area contributed by atoms with Gasteiger partial charge in [-0.1, -0.05) is 55.5 Å². The minimum atomic E-state index is -1.71. The number of nitrogens with one attached hydrogen (secondary N) is 1. The number of hydrogen-bond donors (Lipinski definition) is 2. The number of hydrogen-bond acceptors (Lipinski definition) is 8. The summed E-state index contributed by atoms with van der Waals surface area (Å²) in [5.74, 6) is -0.964. The predicted octanol–water partition coefficient (Wildman–Crippen LogP) is 3.76. The number of amides is 2. The molecule has 8 nitrogen and oxygen atoms in total. The lowest BCUT2D eigenvalue weighted by atomic mass is 9.97. The van der Waals surface area contributed by atoms with Gasteiger partial charge in [0.05, 0.1) is 5.69 Å². The molecule has 1 aliphatic rings. The molecule has 0 radical (unpaired) electrons. The molecule has 2 atom stereocenters. The van der Waals surface area contributed by atoms with Crippen LogP contribution in [0.4, 0.5) is 4.79 Å². The van der Waals surface area contributed by atoms with Crippen LogP contribution in [0.1, 0.15) is 35.4 Å². The van der Waals surface area contributed by atoms with Gasteiger partial charge < -0.3 is 14.6 Å². The number of rotatable bonds is 10. The van der Waals surface area contributed by atoms with Gasteiger partial charge in [0.15, 0.2) is 0 Å². The molecule has 1 saturated heterocycles. The first-order chi connectivity index (χ1) is 17.4. The minimum Gasteiger partial charge on any atom is -0.490 e. The van der Waals surface area contributed by atoms with E-state index in [1.165, 1.54) is 0 Å². The number of aliphatic hydroxyl groups is 1. The Morgan fingerprint density at radius 3 is 2.36 bits per heavy atom. The molecule has 0 spiro atoms. The Balaban J connectivity index is 1.39. The van der Waals surface area contributed by atoms with Crippen LogP contribution in [0.3, 0.4) is 0 Å². The number of carbonyl (C=O) groups excluding carboxylic acids is 3. The van der Waals surface area contributed by atoms with E-state index in [1.807, 2.05) is 31.2 Å². The Morgan fingerprint density at radius 1 is 1.03 bits per heavy atom. The first-order valence-electron chi connectivity index (χ1n) is 11.5. The molecule has 1 fully saturated rings. The summed E-state index contributed by atoms with van der Waals surface area (Å²) < 4.78 is 9.39. The van der Waals surface area contributed by atoms with E-state index in [2.05, 4.69) is 10.3 Å². The zero-order valence-corrected chi connectivity index (χ0v) is 20.5. The number of ether oxygens (including phenoxy) is 2. The summed E-state index contributed by atoms with van der Waals surface area (Å²) >= 11 is 0.632. The average molecular weight is 507 g/mol. The topological polar surface area (TPSA) is 115 Å². The van der Waals surface area contributed by atoms with Crippen molar-refractivity contribution in [3.8, 4) is 5.75 Å². The van der Waals surface area contributed by atoms with Crippen molar-refractivity contribution < 1.29 is 29.0 Å². The number of thioether (sulfide) groups is 1. The zero-order chi connectivity index (χ0) is 25.5. The van der Waals surface area contributed by atoms with Gasteiger partial charge in [-0.15, -0.1) is 0 Å². The summed E-state index contributed by atoms with van der Waals surface area (Å²) in [6.45, 7) is 2.04. The van der Waals surface area contributed by atoms with Gasteiger partial charge in [-0.25, -0.2) is 4.79 Å². The lowest BCUT2D eigenvalue weighted by Gasteiger charge is -2.22. The molecule has 1 aromatic heterocycles. The molecular weight excluding hydrogens is 480 g/mol. The Labute approximate surface area is 213 Å². The molecule has 2 heterocycles.